The minimum atomic E-state index is -1.07. The van der Waals surface area contributed by atoms with Crippen LogP contribution in [-0.2, 0) is 5.41 Å². The van der Waals surface area contributed by atoms with E-state index in [4.69, 9.17) is 4.74 Å². The molecule has 4 nitrogen and oxygen atoms in total. The Morgan fingerprint density at radius 2 is 2.12 bits per heavy atom. The van der Waals surface area contributed by atoms with Gasteiger partial charge in [-0.05, 0) is 12.1 Å². The first-order valence-electron chi connectivity index (χ1n) is 5.27. The zero-order chi connectivity index (χ0) is 11.9. The standard InChI is InChI=1S/C12H15NO3/c1-12(2,3)9-5-4-7-8(14)6-10(15)16-11(7)13-9/h4-5,10,15H,6H2,1-3H3. The topological polar surface area (TPSA) is 59.4 Å². The smallest absolute Gasteiger partial charge is 0.227 e. The van der Waals surface area contributed by atoms with Crippen LogP contribution in [0.25, 0.3) is 0 Å². The lowest BCUT2D eigenvalue weighted by Crippen LogP contribution is -2.28. The summed E-state index contributed by atoms with van der Waals surface area (Å²) < 4.78 is 5.16. The van der Waals surface area contributed by atoms with Gasteiger partial charge in [0.05, 0.1) is 12.0 Å². The second kappa shape index (κ2) is 3.56. The molecule has 0 aliphatic carbocycles. The molecule has 2 heterocycles. The minimum absolute atomic E-state index is 0.00352. The van der Waals surface area contributed by atoms with Crippen LogP contribution in [0.3, 0.4) is 0 Å². The highest BCUT2D eigenvalue weighted by molar-refractivity contribution is 5.99. The van der Waals surface area contributed by atoms with E-state index in [9.17, 15) is 9.90 Å². The van der Waals surface area contributed by atoms with Gasteiger partial charge in [-0.2, -0.15) is 0 Å². The number of carbonyl (C=O) groups is 1. The van der Waals surface area contributed by atoms with Crippen LogP contribution in [0.5, 0.6) is 5.88 Å². The Hall–Kier alpha value is -1.42. The largest absolute Gasteiger partial charge is 0.447 e. The molecule has 16 heavy (non-hydrogen) atoms. The maximum atomic E-state index is 11.6. The van der Waals surface area contributed by atoms with Crippen molar-refractivity contribution in [2.75, 3.05) is 0 Å². The summed E-state index contributed by atoms with van der Waals surface area (Å²) in [6.07, 6.45) is -1.06. The molecule has 0 spiro atoms. The molecule has 0 fully saturated rings. The van der Waals surface area contributed by atoms with E-state index in [1.165, 1.54) is 0 Å². The predicted octanol–water partition coefficient (Wildman–Crippen LogP) is 1.66. The molecule has 1 aromatic heterocycles. The van der Waals surface area contributed by atoms with Crippen LogP contribution in [0.4, 0.5) is 0 Å². The lowest BCUT2D eigenvalue weighted by Gasteiger charge is -2.23. The quantitative estimate of drug-likeness (QED) is 0.723. The molecule has 0 saturated carbocycles. The highest BCUT2D eigenvalue weighted by Crippen LogP contribution is 2.29. The van der Waals surface area contributed by atoms with Crippen molar-refractivity contribution in [3.63, 3.8) is 0 Å². The summed E-state index contributed by atoms with van der Waals surface area (Å²) in [4.78, 5) is 15.9. The van der Waals surface area contributed by atoms with Crippen LogP contribution in [0.15, 0.2) is 12.1 Å². The first-order chi connectivity index (χ1) is 7.38. The molecule has 1 aliphatic rings. The highest BCUT2D eigenvalue weighted by Gasteiger charge is 2.27. The Morgan fingerprint density at radius 1 is 1.44 bits per heavy atom. The fourth-order valence-electron chi connectivity index (χ4n) is 1.60. The van der Waals surface area contributed by atoms with Crippen molar-refractivity contribution in [1.82, 2.24) is 4.98 Å². The van der Waals surface area contributed by atoms with Crippen molar-refractivity contribution < 1.29 is 14.6 Å². The van der Waals surface area contributed by atoms with Crippen LogP contribution < -0.4 is 4.74 Å². The molecule has 1 aliphatic heterocycles. The number of ether oxygens (including phenoxy) is 1. The van der Waals surface area contributed by atoms with E-state index in [2.05, 4.69) is 4.98 Å². The third kappa shape index (κ3) is 1.93. The Balaban J connectivity index is 2.46. The summed E-state index contributed by atoms with van der Waals surface area (Å²) >= 11 is 0. The number of Topliss-reactive ketones (excluding diaryl/α,β-unsaturated/α-hetero) is 1. The van der Waals surface area contributed by atoms with Gasteiger partial charge in [0.2, 0.25) is 12.2 Å². The van der Waals surface area contributed by atoms with E-state index in [1.54, 1.807) is 6.07 Å². The molecule has 1 aromatic rings. The third-order valence-electron chi connectivity index (χ3n) is 2.54. The number of ketones is 1. The van der Waals surface area contributed by atoms with E-state index in [0.29, 0.717) is 5.56 Å². The Bertz CT molecular complexity index is 434. The summed E-state index contributed by atoms with van der Waals surface area (Å²) in [5.74, 6) is 0.123. The third-order valence-corrected chi connectivity index (χ3v) is 2.54. The van der Waals surface area contributed by atoms with Crippen molar-refractivity contribution in [2.24, 2.45) is 0 Å². The number of aromatic nitrogens is 1. The summed E-state index contributed by atoms with van der Waals surface area (Å²) in [5.41, 5.74) is 1.19. The van der Waals surface area contributed by atoms with Gasteiger partial charge in [0, 0.05) is 11.1 Å². The lowest BCUT2D eigenvalue weighted by molar-refractivity contribution is -0.0280. The van der Waals surface area contributed by atoms with Crippen LogP contribution in [-0.4, -0.2) is 22.2 Å². The van der Waals surface area contributed by atoms with Crippen molar-refractivity contribution in [1.29, 1.82) is 0 Å². The monoisotopic (exact) mass is 221 g/mol. The normalized spacial score (nSPS) is 20.2. The fourth-order valence-corrected chi connectivity index (χ4v) is 1.60. The van der Waals surface area contributed by atoms with E-state index in [0.717, 1.165) is 5.69 Å². The van der Waals surface area contributed by atoms with E-state index in [1.807, 2.05) is 26.8 Å². The molecule has 1 unspecified atom stereocenters. The van der Waals surface area contributed by atoms with E-state index >= 15 is 0 Å². The van der Waals surface area contributed by atoms with Gasteiger partial charge in [-0.25, -0.2) is 4.98 Å². The molecule has 86 valence electrons. The number of aliphatic hydroxyl groups excluding tert-OH is 1. The Morgan fingerprint density at radius 3 is 2.75 bits per heavy atom. The Kier molecular flexibility index (Phi) is 2.46. The van der Waals surface area contributed by atoms with Gasteiger partial charge in [-0.15, -0.1) is 0 Å². The van der Waals surface area contributed by atoms with Gasteiger partial charge in [0.25, 0.3) is 0 Å². The van der Waals surface area contributed by atoms with Crippen LogP contribution >= 0.6 is 0 Å². The number of nitrogens with zero attached hydrogens (tertiary/aromatic N) is 1. The molecule has 0 saturated heterocycles. The molecule has 1 N–H and O–H groups in total. The molecular formula is C12H15NO3. The first kappa shape index (κ1) is 11.1. The molecule has 2 rings (SSSR count). The molecule has 0 radical (unpaired) electrons. The summed E-state index contributed by atoms with van der Waals surface area (Å²) in [5, 5.41) is 9.34. The summed E-state index contributed by atoms with van der Waals surface area (Å²) in [6.45, 7) is 6.09. The van der Waals surface area contributed by atoms with Gasteiger partial charge in [-0.1, -0.05) is 20.8 Å². The van der Waals surface area contributed by atoms with Gasteiger partial charge in [0.15, 0.2) is 5.78 Å². The molecular weight excluding hydrogens is 206 g/mol. The number of pyridine rings is 1. The molecule has 1 atom stereocenters. The fraction of sp³-hybridized carbons (Fsp3) is 0.500. The number of hydrogen-bond donors (Lipinski definition) is 1. The zero-order valence-corrected chi connectivity index (χ0v) is 9.65. The van der Waals surface area contributed by atoms with E-state index in [-0.39, 0.29) is 23.5 Å². The van der Waals surface area contributed by atoms with Gasteiger partial charge in [-0.3, -0.25) is 4.79 Å². The van der Waals surface area contributed by atoms with Crippen LogP contribution in [0.2, 0.25) is 0 Å². The van der Waals surface area contributed by atoms with Crippen LogP contribution in [0, 0.1) is 0 Å². The lowest BCUT2D eigenvalue weighted by atomic mass is 9.91. The average Bonchev–Trinajstić information content (AvgIpc) is 2.15. The SMILES string of the molecule is CC(C)(C)c1ccc2c(n1)OC(O)CC2=O. The maximum absolute atomic E-state index is 11.6. The van der Waals surface area contributed by atoms with Crippen molar-refractivity contribution in [2.45, 2.75) is 38.9 Å². The highest BCUT2D eigenvalue weighted by atomic mass is 16.6. The zero-order valence-electron chi connectivity index (χ0n) is 9.65. The Labute approximate surface area is 94.3 Å². The van der Waals surface area contributed by atoms with Crippen molar-refractivity contribution >= 4 is 5.78 Å². The number of fused-ring (bicyclic) bond motifs is 1. The molecule has 0 aromatic carbocycles. The van der Waals surface area contributed by atoms with Crippen LogP contribution in [0.1, 0.15) is 43.2 Å². The van der Waals surface area contributed by atoms with Crippen molar-refractivity contribution in [3.05, 3.63) is 23.4 Å². The second-order valence-corrected chi connectivity index (χ2v) is 5.00. The first-order valence-corrected chi connectivity index (χ1v) is 5.27. The van der Waals surface area contributed by atoms with E-state index < -0.39 is 6.29 Å². The molecule has 0 amide bonds. The average molecular weight is 221 g/mol. The van der Waals surface area contributed by atoms with Gasteiger partial charge in [0.1, 0.15) is 0 Å². The number of rotatable bonds is 0. The van der Waals surface area contributed by atoms with Gasteiger partial charge >= 0.3 is 0 Å². The number of carbonyl (C=O) groups excluding carboxylic acids is 1. The van der Waals surface area contributed by atoms with Gasteiger partial charge < -0.3 is 9.84 Å². The van der Waals surface area contributed by atoms with Crippen molar-refractivity contribution in [3.8, 4) is 5.88 Å². The molecule has 0 bridgehead atoms. The second-order valence-electron chi connectivity index (χ2n) is 5.00. The number of aliphatic hydroxyl groups is 1. The maximum Gasteiger partial charge on any atom is 0.227 e. The minimum Gasteiger partial charge on any atom is -0.447 e. The molecule has 4 heteroatoms. The number of hydrogen-bond acceptors (Lipinski definition) is 4. The predicted molar refractivity (Wildman–Crippen MR) is 58.5 cm³/mol. The summed E-state index contributed by atoms with van der Waals surface area (Å²) in [7, 11) is 0. The summed E-state index contributed by atoms with van der Waals surface area (Å²) in [6, 6.07) is 3.55.